The minimum Gasteiger partial charge on any atom is -0.481 e. The number of allylic oxidation sites excluding steroid dienone is 5. The lowest BCUT2D eigenvalue weighted by molar-refractivity contribution is 0.249. The fourth-order valence-corrected chi connectivity index (χ4v) is 1.92. The summed E-state index contributed by atoms with van der Waals surface area (Å²) >= 11 is 0. The van der Waals surface area contributed by atoms with Crippen LogP contribution >= 0.6 is 0 Å². The molecule has 1 N–H and O–H groups in total. The molecule has 1 saturated heterocycles. The van der Waals surface area contributed by atoms with Crippen LogP contribution in [0.5, 0.6) is 0 Å². The molecule has 3 heterocycles. The van der Waals surface area contributed by atoms with Crippen LogP contribution in [0, 0.1) is 0 Å². The van der Waals surface area contributed by atoms with Crippen LogP contribution in [0.25, 0.3) is 0 Å². The molecule has 72 valence electrons. The van der Waals surface area contributed by atoms with Crippen LogP contribution in [-0.4, -0.2) is 24.2 Å². The number of rotatable bonds is 0. The van der Waals surface area contributed by atoms with E-state index in [4.69, 9.17) is 4.74 Å². The molecule has 0 aromatic carbocycles. The Balaban J connectivity index is 1.99. The fourth-order valence-electron chi connectivity index (χ4n) is 1.92. The Hall–Kier alpha value is -1.48. The van der Waals surface area contributed by atoms with Gasteiger partial charge in [-0.25, -0.2) is 0 Å². The number of nitrogens with one attached hydrogen (secondary N) is 1. The second-order valence-electron chi connectivity index (χ2n) is 3.56. The molecule has 14 heavy (non-hydrogen) atoms. The van der Waals surface area contributed by atoms with E-state index in [0.29, 0.717) is 12.8 Å². The first kappa shape index (κ1) is 7.88. The summed E-state index contributed by atoms with van der Waals surface area (Å²) in [4.78, 5) is 2.23. The Bertz CT molecular complexity index is 365. The van der Waals surface area contributed by atoms with Gasteiger partial charge >= 0.3 is 0 Å². The molecule has 1 atom stereocenters. The molecule has 0 saturated carbocycles. The van der Waals surface area contributed by atoms with Crippen LogP contribution in [0.15, 0.2) is 48.0 Å². The highest BCUT2D eigenvalue weighted by molar-refractivity contribution is 5.35. The second kappa shape index (κ2) is 3.03. The lowest BCUT2D eigenvalue weighted by Gasteiger charge is -2.28. The van der Waals surface area contributed by atoms with Crippen LogP contribution in [-0.2, 0) is 4.74 Å². The summed E-state index contributed by atoms with van der Waals surface area (Å²) in [5, 5.41) is 3.30. The maximum absolute atomic E-state index is 5.48. The van der Waals surface area contributed by atoms with Crippen LogP contribution < -0.4 is 5.32 Å². The Morgan fingerprint density at radius 1 is 1.36 bits per heavy atom. The minimum absolute atomic E-state index is 0.356. The van der Waals surface area contributed by atoms with E-state index in [1.54, 1.807) is 0 Å². The molecule has 1 fully saturated rings. The van der Waals surface area contributed by atoms with E-state index < -0.39 is 0 Å². The predicted molar refractivity (Wildman–Crippen MR) is 54.0 cm³/mol. The summed E-state index contributed by atoms with van der Waals surface area (Å²) in [6, 6.07) is 0.356. The van der Waals surface area contributed by atoms with Gasteiger partial charge in [-0.2, -0.15) is 0 Å². The highest BCUT2D eigenvalue weighted by atomic mass is 16.5. The van der Waals surface area contributed by atoms with E-state index >= 15 is 0 Å². The molecule has 0 spiro atoms. The monoisotopic (exact) mass is 188 g/mol. The smallest absolute Gasteiger partial charge is 0.139 e. The molecule has 0 radical (unpaired) electrons. The van der Waals surface area contributed by atoms with Gasteiger partial charge < -0.3 is 9.64 Å². The van der Waals surface area contributed by atoms with Crippen molar-refractivity contribution in [2.24, 2.45) is 0 Å². The SMILES string of the molecule is C1=CC=C2C=C3OCNC3CN2C=C1. The van der Waals surface area contributed by atoms with Gasteiger partial charge in [0.15, 0.2) is 0 Å². The third kappa shape index (κ3) is 1.17. The highest BCUT2D eigenvalue weighted by Crippen LogP contribution is 2.24. The molecule has 0 amide bonds. The second-order valence-corrected chi connectivity index (χ2v) is 3.56. The zero-order valence-corrected chi connectivity index (χ0v) is 7.81. The largest absolute Gasteiger partial charge is 0.481 e. The third-order valence-electron chi connectivity index (χ3n) is 2.67. The van der Waals surface area contributed by atoms with Gasteiger partial charge in [0.1, 0.15) is 12.5 Å². The summed E-state index contributed by atoms with van der Waals surface area (Å²) in [5.74, 6) is 1.07. The zero-order chi connectivity index (χ0) is 9.38. The molecule has 0 aromatic rings. The number of hydrogen-bond acceptors (Lipinski definition) is 3. The number of hydrogen-bond donors (Lipinski definition) is 1. The van der Waals surface area contributed by atoms with Crippen molar-refractivity contribution < 1.29 is 4.74 Å². The van der Waals surface area contributed by atoms with E-state index in [1.165, 1.54) is 5.70 Å². The molecule has 0 aliphatic carbocycles. The van der Waals surface area contributed by atoms with Crippen molar-refractivity contribution in [1.82, 2.24) is 10.2 Å². The van der Waals surface area contributed by atoms with Gasteiger partial charge in [-0.1, -0.05) is 12.2 Å². The van der Waals surface area contributed by atoms with Gasteiger partial charge in [-0.05, 0) is 12.2 Å². The first-order chi connectivity index (χ1) is 6.93. The number of ether oxygens (including phenoxy) is 1. The van der Waals surface area contributed by atoms with Crippen LogP contribution in [0.1, 0.15) is 0 Å². The van der Waals surface area contributed by atoms with Crippen LogP contribution in [0.4, 0.5) is 0 Å². The summed E-state index contributed by atoms with van der Waals surface area (Å²) in [7, 11) is 0. The van der Waals surface area contributed by atoms with Crippen molar-refractivity contribution >= 4 is 0 Å². The van der Waals surface area contributed by atoms with E-state index in [2.05, 4.69) is 34.6 Å². The summed E-state index contributed by atoms with van der Waals surface area (Å²) in [6.45, 7) is 1.59. The summed E-state index contributed by atoms with van der Waals surface area (Å²) in [6.07, 6.45) is 12.4. The number of fused-ring (bicyclic) bond motifs is 2. The molecule has 3 aliphatic heterocycles. The maximum atomic E-state index is 5.48. The molecular formula is C11H12N2O. The lowest BCUT2D eigenvalue weighted by Crippen LogP contribution is -2.37. The van der Waals surface area contributed by atoms with Crippen molar-refractivity contribution in [1.29, 1.82) is 0 Å². The van der Waals surface area contributed by atoms with E-state index in [1.807, 2.05) is 12.2 Å². The van der Waals surface area contributed by atoms with Crippen molar-refractivity contribution in [3.05, 3.63) is 48.0 Å². The van der Waals surface area contributed by atoms with Gasteiger partial charge in [0.2, 0.25) is 0 Å². The zero-order valence-electron chi connectivity index (χ0n) is 7.81. The fraction of sp³-hybridized carbons (Fsp3) is 0.273. The average molecular weight is 188 g/mol. The molecule has 0 bridgehead atoms. The normalized spacial score (nSPS) is 28.6. The molecule has 1 unspecified atom stereocenters. The minimum atomic E-state index is 0.356. The van der Waals surface area contributed by atoms with Crippen LogP contribution in [0.2, 0.25) is 0 Å². The highest BCUT2D eigenvalue weighted by Gasteiger charge is 2.28. The van der Waals surface area contributed by atoms with E-state index in [9.17, 15) is 0 Å². The molecule has 0 aromatic heterocycles. The Labute approximate surface area is 83.0 Å². The standard InChI is InChI=1S/C11H12N2O/c1-2-4-9-6-11-10(12-8-14-11)7-13(9)5-3-1/h1-6,10,12H,7-8H2. The molecule has 3 aliphatic rings. The van der Waals surface area contributed by atoms with Crippen molar-refractivity contribution in [3.8, 4) is 0 Å². The van der Waals surface area contributed by atoms with E-state index in [-0.39, 0.29) is 0 Å². The lowest BCUT2D eigenvalue weighted by atomic mass is 10.1. The van der Waals surface area contributed by atoms with Gasteiger partial charge in [-0.3, -0.25) is 5.32 Å². The van der Waals surface area contributed by atoms with Crippen molar-refractivity contribution in [3.63, 3.8) is 0 Å². The first-order valence-electron chi connectivity index (χ1n) is 4.83. The Morgan fingerprint density at radius 3 is 3.36 bits per heavy atom. The molecule has 3 rings (SSSR count). The third-order valence-corrected chi connectivity index (χ3v) is 2.67. The van der Waals surface area contributed by atoms with Crippen molar-refractivity contribution in [2.45, 2.75) is 6.04 Å². The predicted octanol–water partition coefficient (Wildman–Crippen LogP) is 1.10. The first-order valence-corrected chi connectivity index (χ1v) is 4.83. The summed E-state index contributed by atoms with van der Waals surface area (Å²) in [5.41, 5.74) is 1.20. The topological polar surface area (TPSA) is 24.5 Å². The quantitative estimate of drug-likeness (QED) is 0.616. The Kier molecular flexibility index (Phi) is 1.70. The molecular weight excluding hydrogens is 176 g/mol. The Morgan fingerprint density at radius 2 is 2.36 bits per heavy atom. The summed E-state index contributed by atoms with van der Waals surface area (Å²) < 4.78 is 5.48. The van der Waals surface area contributed by atoms with Crippen molar-refractivity contribution in [2.75, 3.05) is 13.3 Å². The van der Waals surface area contributed by atoms with Crippen LogP contribution in [0.3, 0.4) is 0 Å². The number of nitrogens with zero attached hydrogens (tertiary/aromatic N) is 1. The van der Waals surface area contributed by atoms with Gasteiger partial charge in [0.25, 0.3) is 0 Å². The molecule has 3 nitrogen and oxygen atoms in total. The molecule has 3 heteroatoms. The maximum Gasteiger partial charge on any atom is 0.139 e. The average Bonchev–Trinajstić information content (AvgIpc) is 2.51. The van der Waals surface area contributed by atoms with Gasteiger partial charge in [0.05, 0.1) is 6.04 Å². The van der Waals surface area contributed by atoms with E-state index in [0.717, 1.165) is 12.3 Å². The van der Waals surface area contributed by atoms with Gasteiger partial charge in [-0.15, -0.1) is 0 Å². The van der Waals surface area contributed by atoms with Gasteiger partial charge in [0, 0.05) is 24.5 Å².